The number of rotatable bonds is 1. The molecule has 1 aliphatic rings. The van der Waals surface area contributed by atoms with Crippen LogP contribution >= 0.6 is 15.9 Å². The molecule has 0 saturated heterocycles. The summed E-state index contributed by atoms with van der Waals surface area (Å²) in [5, 5.41) is 0. The lowest BCUT2D eigenvalue weighted by Crippen LogP contribution is -2.24. The Hall–Kier alpha value is -1.61. The van der Waals surface area contributed by atoms with Crippen molar-refractivity contribution in [2.45, 2.75) is 4.95 Å². The molecule has 1 atom stereocenters. The average molecular weight is 288 g/mol. The van der Waals surface area contributed by atoms with Crippen molar-refractivity contribution in [3.8, 4) is 0 Å². The fourth-order valence-electron chi connectivity index (χ4n) is 2.11. The molecular weight excluding hydrogens is 278 g/mol. The van der Waals surface area contributed by atoms with E-state index in [0.717, 1.165) is 16.8 Å². The minimum atomic E-state index is -0.0754. The Morgan fingerprint density at radius 2 is 1.59 bits per heavy atom. The Morgan fingerprint density at radius 3 is 2.29 bits per heavy atom. The van der Waals surface area contributed by atoms with Gasteiger partial charge in [-0.15, -0.1) is 0 Å². The Kier molecular flexibility index (Phi) is 2.48. The fourth-order valence-corrected chi connectivity index (χ4v) is 2.93. The minimum absolute atomic E-state index is 0.0497. The molecule has 0 saturated carbocycles. The standard InChI is InChI=1S/C14H10BrNO/c15-13-11-8-4-5-9-12(11)14(17)16(13)10-6-2-1-3-7-10/h1-9,13H. The van der Waals surface area contributed by atoms with Crippen LogP contribution in [0.15, 0.2) is 54.6 Å². The largest absolute Gasteiger partial charge is 0.291 e. The minimum Gasteiger partial charge on any atom is -0.291 e. The molecule has 0 N–H and O–H groups in total. The van der Waals surface area contributed by atoms with Gasteiger partial charge < -0.3 is 0 Å². The van der Waals surface area contributed by atoms with Crippen molar-refractivity contribution in [3.63, 3.8) is 0 Å². The maximum atomic E-state index is 12.3. The van der Waals surface area contributed by atoms with Crippen LogP contribution in [0.5, 0.6) is 0 Å². The van der Waals surface area contributed by atoms with E-state index in [-0.39, 0.29) is 10.9 Å². The monoisotopic (exact) mass is 287 g/mol. The molecule has 2 nitrogen and oxygen atoms in total. The van der Waals surface area contributed by atoms with Gasteiger partial charge in [-0.3, -0.25) is 9.69 Å². The van der Waals surface area contributed by atoms with Crippen LogP contribution in [0.3, 0.4) is 0 Å². The van der Waals surface area contributed by atoms with Crippen molar-refractivity contribution in [1.29, 1.82) is 0 Å². The van der Waals surface area contributed by atoms with Crippen LogP contribution in [0.4, 0.5) is 5.69 Å². The summed E-state index contributed by atoms with van der Waals surface area (Å²) in [7, 11) is 0. The van der Waals surface area contributed by atoms with E-state index in [4.69, 9.17) is 0 Å². The highest BCUT2D eigenvalue weighted by atomic mass is 79.9. The maximum Gasteiger partial charge on any atom is 0.259 e. The molecule has 3 rings (SSSR count). The normalized spacial score (nSPS) is 18.3. The zero-order valence-electron chi connectivity index (χ0n) is 9.01. The summed E-state index contributed by atoms with van der Waals surface area (Å²) in [6.45, 7) is 0. The molecule has 1 amide bonds. The van der Waals surface area contributed by atoms with Gasteiger partial charge in [0.15, 0.2) is 0 Å². The third-order valence-corrected chi connectivity index (χ3v) is 3.83. The zero-order chi connectivity index (χ0) is 11.8. The van der Waals surface area contributed by atoms with Crippen molar-refractivity contribution in [2.75, 3.05) is 4.90 Å². The summed E-state index contributed by atoms with van der Waals surface area (Å²) in [5.41, 5.74) is 2.72. The third kappa shape index (κ3) is 1.58. The van der Waals surface area contributed by atoms with Gasteiger partial charge in [-0.1, -0.05) is 52.3 Å². The molecule has 0 fully saturated rings. The fraction of sp³-hybridized carbons (Fsp3) is 0.0714. The van der Waals surface area contributed by atoms with E-state index in [1.54, 1.807) is 4.90 Å². The summed E-state index contributed by atoms with van der Waals surface area (Å²) in [6, 6.07) is 17.4. The van der Waals surface area contributed by atoms with Gasteiger partial charge >= 0.3 is 0 Å². The van der Waals surface area contributed by atoms with Crippen LogP contribution in [0.1, 0.15) is 20.9 Å². The van der Waals surface area contributed by atoms with Gasteiger partial charge in [0.05, 0.1) is 0 Å². The van der Waals surface area contributed by atoms with Crippen LogP contribution in [0.2, 0.25) is 0 Å². The number of benzene rings is 2. The Bertz CT molecular complexity index is 567. The SMILES string of the molecule is O=C1c2ccccc2C(Br)N1c1ccccc1. The summed E-state index contributed by atoms with van der Waals surface area (Å²) in [6.07, 6.45) is 0. The first-order valence-corrected chi connectivity index (χ1v) is 6.32. The van der Waals surface area contributed by atoms with Gasteiger partial charge in [-0.05, 0) is 23.8 Å². The Balaban J connectivity index is 2.10. The third-order valence-electron chi connectivity index (χ3n) is 2.93. The second kappa shape index (κ2) is 4.00. The second-order valence-corrected chi connectivity index (χ2v) is 4.80. The molecule has 2 aromatic carbocycles. The van der Waals surface area contributed by atoms with Gasteiger partial charge in [-0.2, -0.15) is 0 Å². The highest BCUT2D eigenvalue weighted by Gasteiger charge is 2.35. The molecule has 0 spiro atoms. The molecule has 0 aromatic heterocycles. The van der Waals surface area contributed by atoms with Gasteiger partial charge in [0.2, 0.25) is 0 Å². The number of hydrogen-bond donors (Lipinski definition) is 0. The van der Waals surface area contributed by atoms with Crippen LogP contribution in [0, 0.1) is 0 Å². The van der Waals surface area contributed by atoms with E-state index < -0.39 is 0 Å². The lowest BCUT2D eigenvalue weighted by atomic mass is 10.1. The smallest absolute Gasteiger partial charge is 0.259 e. The number of anilines is 1. The van der Waals surface area contributed by atoms with Crippen molar-refractivity contribution >= 4 is 27.5 Å². The topological polar surface area (TPSA) is 20.3 Å². The molecule has 3 heteroatoms. The summed E-state index contributed by atoms with van der Waals surface area (Å²) in [4.78, 5) is 14.0. The quantitative estimate of drug-likeness (QED) is 0.578. The first-order valence-electron chi connectivity index (χ1n) is 5.40. The van der Waals surface area contributed by atoms with Gasteiger partial charge in [0, 0.05) is 11.3 Å². The molecular formula is C14H10BrNO. The number of halogens is 1. The van der Waals surface area contributed by atoms with Crippen LogP contribution in [-0.4, -0.2) is 5.91 Å². The molecule has 0 radical (unpaired) electrons. The van der Waals surface area contributed by atoms with E-state index in [0.29, 0.717) is 0 Å². The number of fused-ring (bicyclic) bond motifs is 1. The number of para-hydroxylation sites is 1. The van der Waals surface area contributed by atoms with Gasteiger partial charge in [0.25, 0.3) is 5.91 Å². The highest BCUT2D eigenvalue weighted by Crippen LogP contribution is 2.40. The number of nitrogens with zero attached hydrogens (tertiary/aromatic N) is 1. The van der Waals surface area contributed by atoms with Crippen molar-refractivity contribution < 1.29 is 4.79 Å². The number of carbonyl (C=O) groups excluding carboxylic acids is 1. The Morgan fingerprint density at radius 1 is 0.941 bits per heavy atom. The van der Waals surface area contributed by atoms with E-state index in [1.165, 1.54) is 0 Å². The zero-order valence-corrected chi connectivity index (χ0v) is 10.6. The first-order chi connectivity index (χ1) is 8.29. The van der Waals surface area contributed by atoms with Crippen LogP contribution in [-0.2, 0) is 0 Å². The number of carbonyl (C=O) groups is 1. The lowest BCUT2D eigenvalue weighted by Gasteiger charge is -2.20. The number of hydrogen-bond acceptors (Lipinski definition) is 1. The molecule has 1 aliphatic heterocycles. The van der Waals surface area contributed by atoms with E-state index in [1.807, 2.05) is 54.6 Å². The summed E-state index contributed by atoms with van der Waals surface area (Å²) < 4.78 is 0. The predicted octanol–water partition coefficient (Wildman–Crippen LogP) is 3.74. The average Bonchev–Trinajstić information content (AvgIpc) is 2.64. The second-order valence-electron chi connectivity index (χ2n) is 3.93. The van der Waals surface area contributed by atoms with Crippen LogP contribution < -0.4 is 4.90 Å². The molecule has 84 valence electrons. The number of amides is 1. The van der Waals surface area contributed by atoms with Crippen molar-refractivity contribution in [3.05, 3.63) is 65.7 Å². The summed E-state index contributed by atoms with van der Waals surface area (Å²) >= 11 is 3.59. The van der Waals surface area contributed by atoms with E-state index >= 15 is 0 Å². The maximum absolute atomic E-state index is 12.3. The molecule has 0 aliphatic carbocycles. The van der Waals surface area contributed by atoms with E-state index in [2.05, 4.69) is 15.9 Å². The predicted molar refractivity (Wildman–Crippen MR) is 71.4 cm³/mol. The molecule has 0 bridgehead atoms. The van der Waals surface area contributed by atoms with E-state index in [9.17, 15) is 4.79 Å². The first kappa shape index (κ1) is 10.5. The molecule has 1 heterocycles. The van der Waals surface area contributed by atoms with Crippen LogP contribution in [0.25, 0.3) is 0 Å². The molecule has 1 unspecified atom stereocenters. The Labute approximate surface area is 108 Å². The van der Waals surface area contributed by atoms with Crippen molar-refractivity contribution in [2.24, 2.45) is 0 Å². The van der Waals surface area contributed by atoms with Crippen molar-refractivity contribution in [1.82, 2.24) is 0 Å². The highest BCUT2D eigenvalue weighted by molar-refractivity contribution is 9.09. The molecule has 2 aromatic rings. The molecule has 17 heavy (non-hydrogen) atoms. The number of alkyl halides is 1. The summed E-state index contributed by atoms with van der Waals surface area (Å²) in [5.74, 6) is 0.0497. The van der Waals surface area contributed by atoms with Gasteiger partial charge in [0.1, 0.15) is 4.95 Å². The lowest BCUT2D eigenvalue weighted by molar-refractivity contribution is 0.0996. The van der Waals surface area contributed by atoms with Gasteiger partial charge in [-0.25, -0.2) is 0 Å².